The van der Waals surface area contributed by atoms with Gasteiger partial charge in [0.05, 0.1) is 0 Å². The minimum atomic E-state index is -3.54. The molecule has 18 heavy (non-hydrogen) atoms. The molecule has 0 aliphatic heterocycles. The summed E-state index contributed by atoms with van der Waals surface area (Å²) in [5.74, 6) is 0. The van der Waals surface area contributed by atoms with Crippen LogP contribution in [0, 0.1) is 0 Å². The Labute approximate surface area is 111 Å². The summed E-state index contributed by atoms with van der Waals surface area (Å²) in [5.41, 5.74) is 15.1. The standard InChI is InChI=1S/C12H12N2.H2O3Se/c13-11-5-1-9(2-6-11)10-3-7-12(14)8-4-10;1-4(2)3/h1-8H,13-14H2;(H2,1,2,3). The van der Waals surface area contributed by atoms with Gasteiger partial charge in [0.2, 0.25) is 0 Å². The van der Waals surface area contributed by atoms with Crippen molar-refractivity contribution in [3.63, 3.8) is 0 Å². The molecule has 0 aliphatic rings. The van der Waals surface area contributed by atoms with E-state index in [1.807, 2.05) is 48.5 Å². The summed E-state index contributed by atoms with van der Waals surface area (Å²) >= 11 is -3.54. The molecular formula is C12H14N2O3Se. The van der Waals surface area contributed by atoms with Gasteiger partial charge in [0.25, 0.3) is 0 Å². The smallest absolute Gasteiger partial charge is 1.00 e. The molecule has 1 unspecified atom stereocenters. The average Bonchev–Trinajstić information content (AvgIpc) is 2.31. The van der Waals surface area contributed by atoms with E-state index in [9.17, 15) is 0 Å². The first-order valence-corrected chi connectivity index (χ1v) is 7.15. The van der Waals surface area contributed by atoms with E-state index in [-0.39, 0.29) is 1.43 Å². The zero-order valence-electron chi connectivity index (χ0n) is 10.4. The molecule has 0 heterocycles. The zero-order valence-corrected chi connectivity index (χ0v) is 11.2. The summed E-state index contributed by atoms with van der Waals surface area (Å²) in [4.78, 5) is 0. The minimum Gasteiger partial charge on any atom is 1.00 e. The van der Waals surface area contributed by atoms with Crippen LogP contribution in [-0.4, -0.2) is 18.7 Å². The Kier molecular flexibility index (Phi) is 5.48. The summed E-state index contributed by atoms with van der Waals surface area (Å²) in [6.07, 6.45) is 0. The molecule has 0 amide bonds. The summed E-state index contributed by atoms with van der Waals surface area (Å²) in [5, 5.41) is 0. The molecule has 2 rings (SSSR count). The fourth-order valence-electron chi connectivity index (χ4n) is 1.35. The third-order valence-electron chi connectivity index (χ3n) is 2.15. The molecule has 0 saturated carbocycles. The van der Waals surface area contributed by atoms with Gasteiger partial charge in [-0.05, 0) is 35.4 Å². The van der Waals surface area contributed by atoms with Crippen molar-refractivity contribution >= 4 is 25.9 Å². The monoisotopic (exact) mass is 314 g/mol. The summed E-state index contributed by atoms with van der Waals surface area (Å²) in [7, 11) is 0. The van der Waals surface area contributed by atoms with E-state index < -0.39 is 14.5 Å². The first kappa shape index (κ1) is 14.3. The molecular weight excluding hydrogens is 299 g/mol. The van der Waals surface area contributed by atoms with Crippen molar-refractivity contribution in [2.24, 2.45) is 0 Å². The van der Waals surface area contributed by atoms with Crippen molar-refractivity contribution in [1.29, 1.82) is 0 Å². The second-order valence-corrected chi connectivity index (χ2v) is 4.37. The number of rotatable bonds is 1. The van der Waals surface area contributed by atoms with Crippen LogP contribution in [0.3, 0.4) is 0 Å². The number of nitrogen functional groups attached to an aromatic ring is 2. The molecule has 1 atom stereocenters. The molecule has 0 radical (unpaired) electrons. The minimum absolute atomic E-state index is 0. The van der Waals surface area contributed by atoms with Gasteiger partial charge in [0.15, 0.2) is 0 Å². The van der Waals surface area contributed by atoms with Gasteiger partial charge in [-0.1, -0.05) is 24.3 Å². The molecule has 2 aromatic rings. The Bertz CT molecular complexity index is 470. The van der Waals surface area contributed by atoms with Crippen molar-refractivity contribution in [1.82, 2.24) is 0 Å². The maximum absolute atomic E-state index is 8.65. The SMILES string of the molecule is Nc1ccc(-c2ccc(N)cc2)cc1.O=[Se]([O-])O.[H+]. The molecule has 5 N–H and O–H groups in total. The van der Waals surface area contributed by atoms with Gasteiger partial charge in [0, 0.05) is 11.4 Å². The molecule has 6 heteroatoms. The van der Waals surface area contributed by atoms with E-state index in [4.69, 9.17) is 23.7 Å². The number of anilines is 2. The van der Waals surface area contributed by atoms with Crippen molar-refractivity contribution in [3.05, 3.63) is 48.5 Å². The van der Waals surface area contributed by atoms with Crippen LogP contribution in [0.4, 0.5) is 11.4 Å². The van der Waals surface area contributed by atoms with Crippen molar-refractivity contribution in [3.8, 4) is 11.1 Å². The third-order valence-corrected chi connectivity index (χ3v) is 2.15. The Hall–Kier alpha value is -1.72. The number of hydrogen-bond acceptors (Lipinski definition) is 4. The second-order valence-electron chi connectivity index (χ2n) is 3.46. The van der Waals surface area contributed by atoms with Gasteiger partial charge < -0.3 is 11.5 Å². The van der Waals surface area contributed by atoms with E-state index in [2.05, 4.69) is 0 Å². The largest absolute Gasteiger partial charge is 1.00 e. The third kappa shape index (κ3) is 5.07. The van der Waals surface area contributed by atoms with Crippen LogP contribution >= 0.6 is 0 Å². The summed E-state index contributed by atoms with van der Waals surface area (Å²) < 4.78 is 24.4. The molecule has 0 fully saturated rings. The molecule has 0 saturated heterocycles. The van der Waals surface area contributed by atoms with E-state index in [1.165, 1.54) is 0 Å². The normalized spacial score (nSPS) is 11.2. The number of nitrogens with two attached hydrogens (primary N) is 2. The fraction of sp³-hybridized carbons (Fsp3) is 0. The van der Waals surface area contributed by atoms with Crippen molar-refractivity contribution in [2.45, 2.75) is 0 Å². The van der Waals surface area contributed by atoms with E-state index in [0.717, 1.165) is 22.5 Å². The quantitative estimate of drug-likeness (QED) is 0.520. The van der Waals surface area contributed by atoms with E-state index in [1.54, 1.807) is 0 Å². The fourth-order valence-corrected chi connectivity index (χ4v) is 1.35. The van der Waals surface area contributed by atoms with Crippen molar-refractivity contribution < 1.29 is 13.6 Å². The molecule has 0 spiro atoms. The molecule has 2 aromatic carbocycles. The first-order valence-electron chi connectivity index (χ1n) is 4.99. The number of benzene rings is 2. The van der Waals surface area contributed by atoms with Gasteiger partial charge >= 0.3 is 28.1 Å². The zero-order chi connectivity index (χ0) is 13.5. The topological polar surface area (TPSA) is 112 Å². The maximum atomic E-state index is 8.65. The van der Waals surface area contributed by atoms with Crippen LogP contribution in [0.5, 0.6) is 0 Å². The van der Waals surface area contributed by atoms with Crippen LogP contribution in [0.2, 0.25) is 0 Å². The van der Waals surface area contributed by atoms with E-state index >= 15 is 0 Å². The molecule has 0 aromatic heterocycles. The Morgan fingerprint density at radius 2 is 1.11 bits per heavy atom. The predicted molar refractivity (Wildman–Crippen MR) is 70.5 cm³/mol. The molecule has 0 aliphatic carbocycles. The molecule has 0 bridgehead atoms. The Morgan fingerprint density at radius 1 is 0.889 bits per heavy atom. The first-order chi connectivity index (χ1) is 8.49. The predicted octanol–water partition coefficient (Wildman–Crippen LogP) is 0.385. The van der Waals surface area contributed by atoms with Crippen LogP contribution in [-0.2, 0) is 3.83 Å². The van der Waals surface area contributed by atoms with Crippen LogP contribution < -0.4 is 15.7 Å². The van der Waals surface area contributed by atoms with Crippen molar-refractivity contribution in [2.75, 3.05) is 11.5 Å². The van der Waals surface area contributed by atoms with Gasteiger partial charge in [0.1, 0.15) is 0 Å². The number of hydrogen-bond donors (Lipinski definition) is 3. The molecule has 5 nitrogen and oxygen atoms in total. The summed E-state index contributed by atoms with van der Waals surface area (Å²) in [6, 6.07) is 15.6. The van der Waals surface area contributed by atoms with Crippen LogP contribution in [0.15, 0.2) is 48.5 Å². The molecule has 96 valence electrons. The maximum Gasteiger partial charge on any atom is 1.00 e. The Balaban J connectivity index is 0.000000576. The summed E-state index contributed by atoms with van der Waals surface area (Å²) in [6.45, 7) is 0. The van der Waals surface area contributed by atoms with Gasteiger partial charge in [-0.15, -0.1) is 0 Å². The Morgan fingerprint density at radius 3 is 1.33 bits per heavy atom. The van der Waals surface area contributed by atoms with Gasteiger partial charge in [-0.2, -0.15) is 0 Å². The van der Waals surface area contributed by atoms with Gasteiger partial charge in [-0.3, -0.25) is 0 Å². The average molecular weight is 313 g/mol. The second kappa shape index (κ2) is 6.88. The van der Waals surface area contributed by atoms with Gasteiger partial charge in [-0.25, -0.2) is 0 Å². The van der Waals surface area contributed by atoms with Crippen LogP contribution in [0.25, 0.3) is 11.1 Å². The van der Waals surface area contributed by atoms with Crippen LogP contribution in [0.1, 0.15) is 1.43 Å². The van der Waals surface area contributed by atoms with E-state index in [0.29, 0.717) is 0 Å².